The molecule has 0 radical (unpaired) electrons. The molecule has 3 rings (SSSR count). The van der Waals surface area contributed by atoms with Crippen molar-refractivity contribution in [2.75, 3.05) is 25.0 Å². The van der Waals surface area contributed by atoms with Gasteiger partial charge in [0.25, 0.3) is 0 Å². The van der Waals surface area contributed by atoms with E-state index in [4.69, 9.17) is 0 Å². The molecule has 0 saturated carbocycles. The molecule has 2 heterocycles. The van der Waals surface area contributed by atoms with Crippen molar-refractivity contribution in [1.82, 2.24) is 9.47 Å². The van der Waals surface area contributed by atoms with Crippen LogP contribution in [-0.2, 0) is 10.3 Å². The van der Waals surface area contributed by atoms with Crippen molar-refractivity contribution in [2.24, 2.45) is 0 Å². The van der Waals surface area contributed by atoms with Gasteiger partial charge in [0.05, 0.1) is 16.7 Å². The van der Waals surface area contributed by atoms with Gasteiger partial charge in [0.15, 0.2) is 0 Å². The smallest absolute Gasteiger partial charge is 0.471 e. The summed E-state index contributed by atoms with van der Waals surface area (Å²) in [6.45, 7) is 6.70. The molecular formula is C21H23F4N3O4. The Bertz CT molecular complexity index is 1170. The van der Waals surface area contributed by atoms with Gasteiger partial charge in [-0.2, -0.15) is 13.2 Å². The Morgan fingerprint density at radius 1 is 1.16 bits per heavy atom. The number of carboxylic acids is 1. The molecule has 7 nitrogen and oxygen atoms in total. The molecule has 2 aromatic rings. The number of carbonyl (C=O) groups is 2. The number of nitrogens with zero attached hydrogens (tertiary/aromatic N) is 3. The van der Waals surface area contributed by atoms with Crippen LogP contribution in [0.5, 0.6) is 0 Å². The number of carboxylic acid groups (broad SMARTS) is 1. The van der Waals surface area contributed by atoms with Crippen LogP contribution in [0.4, 0.5) is 23.2 Å². The standard InChI is InChI=1S/C21H23F4N3O4/c1-19(2,3)28-8-12(17(30)31)16(29)11-6-13(22)15(7-14(11)28)27-9-20(4,10-27)26(5)18(32)21(23,24)25/h6-8H,9-10H2,1-5H3,(H,30,31). The average molecular weight is 457 g/mol. The van der Waals surface area contributed by atoms with E-state index >= 15 is 0 Å². The molecule has 1 aliphatic rings. The van der Waals surface area contributed by atoms with Gasteiger partial charge in [0.1, 0.15) is 11.4 Å². The van der Waals surface area contributed by atoms with Gasteiger partial charge in [-0.25, -0.2) is 9.18 Å². The molecule has 174 valence electrons. The van der Waals surface area contributed by atoms with Crippen molar-refractivity contribution in [1.29, 1.82) is 0 Å². The minimum Gasteiger partial charge on any atom is -0.477 e. The van der Waals surface area contributed by atoms with E-state index < -0.39 is 45.9 Å². The highest BCUT2D eigenvalue weighted by Crippen LogP contribution is 2.37. The van der Waals surface area contributed by atoms with E-state index in [1.807, 2.05) is 0 Å². The normalized spacial score (nSPS) is 16.1. The molecule has 1 aliphatic heterocycles. The van der Waals surface area contributed by atoms with Gasteiger partial charge in [0.2, 0.25) is 5.43 Å². The van der Waals surface area contributed by atoms with Crippen molar-refractivity contribution in [2.45, 2.75) is 44.9 Å². The Labute approximate surface area is 180 Å². The molecule has 11 heteroatoms. The molecule has 1 aromatic carbocycles. The van der Waals surface area contributed by atoms with E-state index in [0.29, 0.717) is 4.90 Å². The van der Waals surface area contributed by atoms with Crippen LogP contribution in [0, 0.1) is 5.82 Å². The van der Waals surface area contributed by atoms with Crippen LogP contribution in [0.1, 0.15) is 38.1 Å². The van der Waals surface area contributed by atoms with Crippen LogP contribution in [0.3, 0.4) is 0 Å². The van der Waals surface area contributed by atoms with Gasteiger partial charge in [-0.15, -0.1) is 0 Å². The highest BCUT2D eigenvalue weighted by molar-refractivity contribution is 5.93. The first-order valence-corrected chi connectivity index (χ1v) is 9.70. The lowest BCUT2D eigenvalue weighted by atomic mass is 9.89. The predicted molar refractivity (Wildman–Crippen MR) is 110 cm³/mol. The summed E-state index contributed by atoms with van der Waals surface area (Å²) in [7, 11) is 1.05. The van der Waals surface area contributed by atoms with E-state index in [1.165, 1.54) is 24.1 Å². The van der Waals surface area contributed by atoms with Crippen LogP contribution >= 0.6 is 0 Å². The zero-order chi connectivity index (χ0) is 24.4. The summed E-state index contributed by atoms with van der Waals surface area (Å²) in [4.78, 5) is 37.8. The quantitative estimate of drug-likeness (QED) is 0.716. The third-order valence-electron chi connectivity index (χ3n) is 5.79. The third kappa shape index (κ3) is 3.80. The van der Waals surface area contributed by atoms with Crippen molar-refractivity contribution < 1.29 is 32.3 Å². The van der Waals surface area contributed by atoms with Crippen LogP contribution in [0.2, 0.25) is 0 Å². The highest BCUT2D eigenvalue weighted by Gasteiger charge is 2.51. The molecule has 0 aliphatic carbocycles. The maximum absolute atomic E-state index is 14.9. The van der Waals surface area contributed by atoms with Gasteiger partial charge in [0, 0.05) is 37.3 Å². The minimum absolute atomic E-state index is 0.0447. The number of alkyl halides is 3. The fraction of sp³-hybridized carbons (Fsp3) is 0.476. The number of halogens is 4. The van der Waals surface area contributed by atoms with Crippen LogP contribution in [0.25, 0.3) is 10.9 Å². The number of rotatable bonds is 3. The number of aromatic nitrogens is 1. The molecular weight excluding hydrogens is 434 g/mol. The lowest BCUT2D eigenvalue weighted by Gasteiger charge is -2.53. The topological polar surface area (TPSA) is 82.8 Å². The number of amides is 1. The Morgan fingerprint density at radius 3 is 2.19 bits per heavy atom. The number of benzene rings is 1. The zero-order valence-corrected chi connectivity index (χ0v) is 18.2. The monoisotopic (exact) mass is 457 g/mol. The minimum atomic E-state index is -5.02. The van der Waals surface area contributed by atoms with Gasteiger partial charge in [-0.1, -0.05) is 0 Å². The lowest BCUT2D eigenvalue weighted by Crippen LogP contribution is -2.70. The molecule has 32 heavy (non-hydrogen) atoms. The van der Waals surface area contributed by atoms with E-state index in [0.717, 1.165) is 13.1 Å². The number of anilines is 1. The first-order chi connectivity index (χ1) is 14.5. The van der Waals surface area contributed by atoms with E-state index in [-0.39, 0.29) is 29.7 Å². The molecule has 1 saturated heterocycles. The summed E-state index contributed by atoms with van der Waals surface area (Å²) in [5, 5.41) is 9.24. The molecule has 0 spiro atoms. The SMILES string of the molecule is CN(C(=O)C(F)(F)F)C1(C)CN(c2cc3c(cc2F)c(=O)c(C(=O)O)cn3C(C)(C)C)C1. The van der Waals surface area contributed by atoms with Crippen LogP contribution < -0.4 is 10.3 Å². The molecule has 1 N–H and O–H groups in total. The van der Waals surface area contributed by atoms with Gasteiger partial charge >= 0.3 is 18.1 Å². The number of aromatic carboxylic acids is 1. The molecule has 1 amide bonds. The summed E-state index contributed by atoms with van der Waals surface area (Å²) in [5.74, 6) is -4.24. The van der Waals surface area contributed by atoms with Gasteiger partial charge < -0.3 is 19.5 Å². The summed E-state index contributed by atoms with van der Waals surface area (Å²) < 4.78 is 54.9. The fourth-order valence-corrected chi connectivity index (χ4v) is 3.88. The largest absolute Gasteiger partial charge is 0.477 e. The second kappa shape index (κ2) is 7.21. The summed E-state index contributed by atoms with van der Waals surface area (Å²) in [6, 6.07) is 2.33. The maximum Gasteiger partial charge on any atom is 0.471 e. The first kappa shape index (κ1) is 23.6. The Hall–Kier alpha value is -3.11. The van der Waals surface area contributed by atoms with Crippen LogP contribution in [0.15, 0.2) is 23.1 Å². The second-order valence-electron chi connectivity index (χ2n) is 9.25. The number of hydrogen-bond donors (Lipinski definition) is 1. The summed E-state index contributed by atoms with van der Waals surface area (Å²) >= 11 is 0. The maximum atomic E-state index is 14.9. The summed E-state index contributed by atoms with van der Waals surface area (Å²) in [5.41, 5.74) is -2.81. The van der Waals surface area contributed by atoms with Crippen molar-refractivity contribution in [3.8, 4) is 0 Å². The van der Waals surface area contributed by atoms with E-state index in [9.17, 15) is 37.1 Å². The zero-order valence-electron chi connectivity index (χ0n) is 18.2. The number of fused-ring (bicyclic) bond motifs is 1. The molecule has 1 fully saturated rings. The van der Waals surface area contributed by atoms with Crippen LogP contribution in [-0.4, -0.2) is 58.3 Å². The molecule has 1 aromatic heterocycles. The fourth-order valence-electron chi connectivity index (χ4n) is 3.88. The van der Waals surface area contributed by atoms with Crippen molar-refractivity contribution in [3.63, 3.8) is 0 Å². The lowest BCUT2D eigenvalue weighted by molar-refractivity contribution is -0.190. The number of likely N-dealkylation sites (N-methyl/N-ethyl adjacent to an activating group) is 1. The number of hydrogen-bond acceptors (Lipinski definition) is 4. The van der Waals surface area contributed by atoms with Crippen molar-refractivity contribution >= 4 is 28.5 Å². The first-order valence-electron chi connectivity index (χ1n) is 9.70. The van der Waals surface area contributed by atoms with Crippen molar-refractivity contribution in [3.05, 3.63) is 39.9 Å². The average Bonchev–Trinajstić information content (AvgIpc) is 2.62. The third-order valence-corrected chi connectivity index (χ3v) is 5.79. The molecule has 0 unspecified atom stereocenters. The Balaban J connectivity index is 2.06. The van der Waals surface area contributed by atoms with Gasteiger partial charge in [-0.05, 0) is 39.8 Å². The Morgan fingerprint density at radius 2 is 1.72 bits per heavy atom. The predicted octanol–water partition coefficient (Wildman–Crippen LogP) is 3.19. The summed E-state index contributed by atoms with van der Waals surface area (Å²) in [6.07, 6.45) is -3.82. The van der Waals surface area contributed by atoms with E-state index in [1.54, 1.807) is 25.3 Å². The van der Waals surface area contributed by atoms with Gasteiger partial charge in [-0.3, -0.25) is 9.59 Å². The number of pyridine rings is 1. The number of carbonyl (C=O) groups excluding carboxylic acids is 1. The Kier molecular flexibility index (Phi) is 5.31. The second-order valence-corrected chi connectivity index (χ2v) is 9.25. The van der Waals surface area contributed by atoms with E-state index in [2.05, 4.69) is 0 Å². The molecule has 0 atom stereocenters. The molecule has 0 bridgehead atoms. The highest BCUT2D eigenvalue weighted by atomic mass is 19.4.